The van der Waals surface area contributed by atoms with Gasteiger partial charge in [0.25, 0.3) is 0 Å². The van der Waals surface area contributed by atoms with Crippen molar-refractivity contribution < 1.29 is 0 Å². The molecule has 102 valence electrons. The average Bonchev–Trinajstić information content (AvgIpc) is 2.83. The predicted molar refractivity (Wildman–Crippen MR) is 80.3 cm³/mol. The molecule has 1 aromatic rings. The third-order valence-electron chi connectivity index (χ3n) is 3.92. The molecule has 0 aliphatic heterocycles. The second-order valence-corrected chi connectivity index (χ2v) is 6.30. The van der Waals surface area contributed by atoms with E-state index >= 15 is 0 Å². The molecule has 0 spiro atoms. The lowest BCUT2D eigenvalue weighted by Gasteiger charge is -2.31. The number of hydrogen-bond donors (Lipinski definition) is 1. The summed E-state index contributed by atoms with van der Waals surface area (Å²) in [5, 5.41) is 5.72. The van der Waals surface area contributed by atoms with E-state index in [-0.39, 0.29) is 0 Å². The number of nitrogens with one attached hydrogen (secondary N) is 1. The zero-order valence-electron chi connectivity index (χ0n) is 11.5. The molecule has 2 nitrogen and oxygen atoms in total. The third-order valence-corrected chi connectivity index (χ3v) is 4.86. The standard InChI is InChI=1S/C15H26N2S/c1-2-17(13-14-5-3-6-14)11-10-16-9-8-15-7-4-12-18-15/h4,7,12,14,16H,2-3,5-6,8-11,13H2,1H3. The summed E-state index contributed by atoms with van der Waals surface area (Å²) in [6.07, 6.45) is 5.55. The van der Waals surface area contributed by atoms with Crippen LogP contribution in [0.25, 0.3) is 0 Å². The van der Waals surface area contributed by atoms with Gasteiger partial charge in [0.2, 0.25) is 0 Å². The second kappa shape index (κ2) is 7.93. The van der Waals surface area contributed by atoms with Crippen molar-refractivity contribution in [1.29, 1.82) is 0 Å². The molecule has 0 atom stereocenters. The van der Waals surface area contributed by atoms with Crippen molar-refractivity contribution in [1.82, 2.24) is 10.2 Å². The first-order chi connectivity index (χ1) is 8.88. The topological polar surface area (TPSA) is 15.3 Å². The van der Waals surface area contributed by atoms with Crippen LogP contribution in [0, 0.1) is 5.92 Å². The van der Waals surface area contributed by atoms with Crippen LogP contribution in [-0.4, -0.2) is 37.6 Å². The first-order valence-corrected chi connectivity index (χ1v) is 8.22. The molecule has 1 N–H and O–H groups in total. The highest BCUT2D eigenvalue weighted by Crippen LogP contribution is 2.26. The van der Waals surface area contributed by atoms with E-state index in [2.05, 4.69) is 34.7 Å². The smallest absolute Gasteiger partial charge is 0.0107 e. The molecule has 18 heavy (non-hydrogen) atoms. The molecule has 0 radical (unpaired) electrons. The van der Waals surface area contributed by atoms with Crippen molar-refractivity contribution in [3.8, 4) is 0 Å². The van der Waals surface area contributed by atoms with Crippen LogP contribution >= 0.6 is 11.3 Å². The van der Waals surface area contributed by atoms with Gasteiger partial charge in [-0.2, -0.15) is 0 Å². The predicted octanol–water partition coefficient (Wildman–Crippen LogP) is 3.00. The van der Waals surface area contributed by atoms with Crippen molar-refractivity contribution in [3.63, 3.8) is 0 Å². The zero-order valence-corrected chi connectivity index (χ0v) is 12.3. The van der Waals surface area contributed by atoms with Crippen molar-refractivity contribution in [2.45, 2.75) is 32.6 Å². The Hall–Kier alpha value is -0.380. The maximum Gasteiger partial charge on any atom is 0.0107 e. The fourth-order valence-corrected chi connectivity index (χ4v) is 3.16. The van der Waals surface area contributed by atoms with Gasteiger partial charge in [-0.1, -0.05) is 19.4 Å². The Labute approximate surface area is 115 Å². The SMILES string of the molecule is CCN(CCNCCc1cccs1)CC1CCC1. The van der Waals surface area contributed by atoms with Gasteiger partial charge in [0, 0.05) is 31.1 Å². The Morgan fingerprint density at radius 1 is 1.39 bits per heavy atom. The molecule has 0 bridgehead atoms. The van der Waals surface area contributed by atoms with Crippen LogP contribution in [0.1, 0.15) is 31.1 Å². The number of rotatable bonds is 9. The van der Waals surface area contributed by atoms with E-state index < -0.39 is 0 Å². The van der Waals surface area contributed by atoms with Gasteiger partial charge in [-0.25, -0.2) is 0 Å². The summed E-state index contributed by atoms with van der Waals surface area (Å²) in [7, 11) is 0. The maximum atomic E-state index is 3.56. The molecule has 1 heterocycles. The summed E-state index contributed by atoms with van der Waals surface area (Å²) < 4.78 is 0. The Kier molecular flexibility index (Phi) is 6.18. The number of thiophene rings is 1. The zero-order chi connectivity index (χ0) is 12.6. The van der Waals surface area contributed by atoms with E-state index in [4.69, 9.17) is 0 Å². The van der Waals surface area contributed by atoms with Crippen LogP contribution in [0.5, 0.6) is 0 Å². The van der Waals surface area contributed by atoms with Crippen molar-refractivity contribution >= 4 is 11.3 Å². The fraction of sp³-hybridized carbons (Fsp3) is 0.733. The summed E-state index contributed by atoms with van der Waals surface area (Å²) >= 11 is 1.86. The fourth-order valence-electron chi connectivity index (χ4n) is 2.45. The van der Waals surface area contributed by atoms with E-state index in [1.807, 2.05) is 11.3 Å². The van der Waals surface area contributed by atoms with E-state index in [0.717, 1.165) is 19.0 Å². The number of nitrogens with zero attached hydrogens (tertiary/aromatic N) is 1. The van der Waals surface area contributed by atoms with Gasteiger partial charge < -0.3 is 10.2 Å². The normalized spacial score (nSPS) is 16.1. The lowest BCUT2D eigenvalue weighted by molar-refractivity contribution is 0.184. The van der Waals surface area contributed by atoms with Gasteiger partial charge >= 0.3 is 0 Å². The van der Waals surface area contributed by atoms with Gasteiger partial charge in [0.05, 0.1) is 0 Å². The summed E-state index contributed by atoms with van der Waals surface area (Å²) in [6.45, 7) is 8.25. The molecule has 1 fully saturated rings. The maximum absolute atomic E-state index is 3.56. The number of hydrogen-bond acceptors (Lipinski definition) is 3. The van der Waals surface area contributed by atoms with Gasteiger partial charge in [-0.3, -0.25) is 0 Å². The molecule has 1 aliphatic rings. The van der Waals surface area contributed by atoms with E-state index in [1.165, 1.54) is 50.2 Å². The molecule has 3 heteroatoms. The van der Waals surface area contributed by atoms with Gasteiger partial charge in [-0.05, 0) is 43.2 Å². The number of likely N-dealkylation sites (N-methyl/N-ethyl adjacent to an activating group) is 1. The molecular formula is C15H26N2S. The Morgan fingerprint density at radius 2 is 2.28 bits per heavy atom. The molecule has 1 aromatic heterocycles. The van der Waals surface area contributed by atoms with Gasteiger partial charge in [-0.15, -0.1) is 11.3 Å². The summed E-state index contributed by atoms with van der Waals surface area (Å²) in [4.78, 5) is 4.09. The Morgan fingerprint density at radius 3 is 2.89 bits per heavy atom. The average molecular weight is 266 g/mol. The highest BCUT2D eigenvalue weighted by atomic mass is 32.1. The van der Waals surface area contributed by atoms with Gasteiger partial charge in [0.1, 0.15) is 0 Å². The Bertz CT molecular complexity index is 306. The molecule has 0 aromatic carbocycles. The van der Waals surface area contributed by atoms with Crippen LogP contribution in [0.3, 0.4) is 0 Å². The highest BCUT2D eigenvalue weighted by Gasteiger charge is 2.19. The Balaban J connectivity index is 1.50. The summed E-state index contributed by atoms with van der Waals surface area (Å²) in [5.74, 6) is 0.996. The highest BCUT2D eigenvalue weighted by molar-refractivity contribution is 7.09. The minimum atomic E-state index is 0.996. The molecule has 1 saturated carbocycles. The minimum absolute atomic E-state index is 0.996. The van der Waals surface area contributed by atoms with Crippen LogP contribution in [0.15, 0.2) is 17.5 Å². The monoisotopic (exact) mass is 266 g/mol. The lowest BCUT2D eigenvalue weighted by Crippen LogP contribution is -2.37. The largest absolute Gasteiger partial charge is 0.315 e. The van der Waals surface area contributed by atoms with Gasteiger partial charge in [0.15, 0.2) is 0 Å². The molecule has 1 aliphatic carbocycles. The van der Waals surface area contributed by atoms with E-state index in [9.17, 15) is 0 Å². The first kappa shape index (κ1) is 14.0. The first-order valence-electron chi connectivity index (χ1n) is 7.34. The molecule has 2 rings (SSSR count). The van der Waals surface area contributed by atoms with Crippen molar-refractivity contribution in [2.75, 3.05) is 32.7 Å². The third kappa shape index (κ3) is 4.71. The van der Waals surface area contributed by atoms with Crippen molar-refractivity contribution in [2.24, 2.45) is 5.92 Å². The minimum Gasteiger partial charge on any atom is -0.315 e. The summed E-state index contributed by atoms with van der Waals surface area (Å²) in [5.41, 5.74) is 0. The lowest BCUT2D eigenvalue weighted by atomic mass is 9.85. The van der Waals surface area contributed by atoms with Crippen LogP contribution in [-0.2, 0) is 6.42 Å². The molecule has 0 unspecified atom stereocenters. The molecule has 0 saturated heterocycles. The van der Waals surface area contributed by atoms with Crippen LogP contribution in [0.4, 0.5) is 0 Å². The molecule has 0 amide bonds. The van der Waals surface area contributed by atoms with E-state index in [0.29, 0.717) is 0 Å². The van der Waals surface area contributed by atoms with Crippen LogP contribution < -0.4 is 5.32 Å². The summed E-state index contributed by atoms with van der Waals surface area (Å²) in [6, 6.07) is 4.36. The van der Waals surface area contributed by atoms with Crippen LogP contribution in [0.2, 0.25) is 0 Å². The second-order valence-electron chi connectivity index (χ2n) is 5.27. The van der Waals surface area contributed by atoms with E-state index in [1.54, 1.807) is 0 Å². The quantitative estimate of drug-likeness (QED) is 0.691. The van der Waals surface area contributed by atoms with Crippen molar-refractivity contribution in [3.05, 3.63) is 22.4 Å². The molecular weight excluding hydrogens is 240 g/mol.